The molecule has 2 aromatic carbocycles. The van der Waals surface area contributed by atoms with Crippen molar-refractivity contribution >= 4 is 37.5 Å². The maximum Gasteiger partial charge on any atom is 0.253 e. The van der Waals surface area contributed by atoms with Gasteiger partial charge in [-0.05, 0) is 61.4 Å². The van der Waals surface area contributed by atoms with E-state index in [1.807, 2.05) is 23.1 Å². The van der Waals surface area contributed by atoms with Crippen LogP contribution in [-0.2, 0) is 16.6 Å². The van der Waals surface area contributed by atoms with Gasteiger partial charge in [0.25, 0.3) is 5.91 Å². The first-order chi connectivity index (χ1) is 16.0. The number of thiazole rings is 1. The Morgan fingerprint density at radius 1 is 1.12 bits per heavy atom. The van der Waals surface area contributed by atoms with Gasteiger partial charge in [-0.1, -0.05) is 12.1 Å². The van der Waals surface area contributed by atoms with E-state index in [4.69, 9.17) is 9.40 Å². The first-order valence-electron chi connectivity index (χ1n) is 10.8. The van der Waals surface area contributed by atoms with E-state index in [2.05, 4.69) is 10.8 Å². The van der Waals surface area contributed by atoms with Crippen LogP contribution in [0.5, 0.6) is 0 Å². The molecule has 1 saturated heterocycles. The minimum absolute atomic E-state index is 0.0664. The number of aromatic nitrogens is 1. The van der Waals surface area contributed by atoms with Crippen molar-refractivity contribution in [3.8, 4) is 0 Å². The highest BCUT2D eigenvalue weighted by molar-refractivity contribution is 7.89. The van der Waals surface area contributed by atoms with Gasteiger partial charge in [-0.2, -0.15) is 0 Å². The summed E-state index contributed by atoms with van der Waals surface area (Å²) in [5, 5.41) is 1.07. The Bertz CT molecular complexity index is 1330. The first kappa shape index (κ1) is 21.8. The fourth-order valence-electron chi connectivity index (χ4n) is 4.05. The lowest BCUT2D eigenvalue weighted by Crippen LogP contribution is -2.39. The molecule has 0 saturated carbocycles. The third-order valence-corrected chi connectivity index (χ3v) is 8.41. The van der Waals surface area contributed by atoms with Crippen molar-refractivity contribution < 1.29 is 17.6 Å². The van der Waals surface area contributed by atoms with E-state index in [0.717, 1.165) is 28.1 Å². The van der Waals surface area contributed by atoms with Gasteiger partial charge in [-0.25, -0.2) is 18.1 Å². The summed E-state index contributed by atoms with van der Waals surface area (Å²) >= 11 is 1.69. The molecule has 1 fully saturated rings. The second kappa shape index (κ2) is 9.09. The number of para-hydroxylation sites is 1. The summed E-state index contributed by atoms with van der Waals surface area (Å²) in [5.41, 5.74) is 1.48. The highest BCUT2D eigenvalue weighted by Gasteiger charge is 2.28. The Labute approximate surface area is 196 Å². The molecule has 0 aliphatic carbocycles. The second-order valence-electron chi connectivity index (χ2n) is 8.04. The van der Waals surface area contributed by atoms with Crippen molar-refractivity contribution in [1.29, 1.82) is 0 Å². The average Bonchev–Trinajstić information content (AvgIpc) is 3.52. The lowest BCUT2D eigenvalue weighted by atomic mass is 9.98. The average molecular weight is 482 g/mol. The molecule has 1 aliphatic rings. The minimum Gasteiger partial charge on any atom is -0.468 e. The number of carbonyl (C=O) groups excluding carboxylic acids is 1. The van der Waals surface area contributed by atoms with Crippen LogP contribution in [0.3, 0.4) is 0 Å². The SMILES string of the molecule is O=C(c1ccc(S(=O)(=O)NCc2ccco2)cc1)N1CCC[C@H](c2nc3ccccc3s2)C1. The molecule has 170 valence electrons. The number of rotatable bonds is 6. The van der Waals surface area contributed by atoms with Gasteiger partial charge in [0, 0.05) is 24.6 Å². The Morgan fingerprint density at radius 3 is 2.70 bits per heavy atom. The molecule has 3 heterocycles. The molecule has 1 atom stereocenters. The quantitative estimate of drug-likeness (QED) is 0.441. The topological polar surface area (TPSA) is 92.5 Å². The van der Waals surface area contributed by atoms with E-state index >= 15 is 0 Å². The van der Waals surface area contributed by atoms with E-state index in [1.165, 1.54) is 18.4 Å². The van der Waals surface area contributed by atoms with E-state index < -0.39 is 10.0 Å². The lowest BCUT2D eigenvalue weighted by Gasteiger charge is -2.32. The van der Waals surface area contributed by atoms with Gasteiger partial charge in [0.2, 0.25) is 10.0 Å². The molecule has 7 nitrogen and oxygen atoms in total. The standard InChI is InChI=1S/C24H23N3O4S2/c28-24(17-9-11-20(12-10-17)33(29,30)25-15-19-6-4-14-31-19)27-13-3-5-18(16-27)23-26-21-7-1-2-8-22(21)32-23/h1-2,4,6-12,14,18,25H,3,5,13,15-16H2/t18-/m0/s1. The number of fused-ring (bicyclic) bond motifs is 1. The van der Waals surface area contributed by atoms with Gasteiger partial charge in [0.05, 0.1) is 32.9 Å². The molecule has 1 aliphatic heterocycles. The summed E-state index contributed by atoms with van der Waals surface area (Å²) < 4.78 is 33.9. The number of nitrogens with zero attached hydrogens (tertiary/aromatic N) is 2. The van der Waals surface area contributed by atoms with E-state index in [1.54, 1.807) is 35.6 Å². The number of likely N-dealkylation sites (tertiary alicyclic amines) is 1. The highest BCUT2D eigenvalue weighted by atomic mass is 32.2. The third-order valence-electron chi connectivity index (χ3n) is 5.80. The van der Waals surface area contributed by atoms with Gasteiger partial charge in [-0.15, -0.1) is 11.3 Å². The van der Waals surface area contributed by atoms with Crippen LogP contribution < -0.4 is 4.72 Å². The largest absolute Gasteiger partial charge is 0.468 e. The molecule has 1 amide bonds. The fourth-order valence-corrected chi connectivity index (χ4v) is 6.14. The number of hydrogen-bond acceptors (Lipinski definition) is 6. The summed E-state index contributed by atoms with van der Waals surface area (Å²) in [4.78, 5) is 19.9. The van der Waals surface area contributed by atoms with Crippen LogP contribution in [0, 0.1) is 0 Å². The Kier molecular flexibility index (Phi) is 6.01. The van der Waals surface area contributed by atoms with Crippen molar-refractivity contribution in [2.75, 3.05) is 13.1 Å². The van der Waals surface area contributed by atoms with Gasteiger partial charge >= 0.3 is 0 Å². The predicted molar refractivity (Wildman–Crippen MR) is 127 cm³/mol. The van der Waals surface area contributed by atoms with E-state index in [9.17, 15) is 13.2 Å². The monoisotopic (exact) mass is 481 g/mol. The Hall–Kier alpha value is -3.01. The number of nitrogens with one attached hydrogen (secondary N) is 1. The maximum atomic E-state index is 13.1. The number of carbonyl (C=O) groups is 1. The molecule has 0 bridgehead atoms. The van der Waals surface area contributed by atoms with Gasteiger partial charge in [0.1, 0.15) is 5.76 Å². The molecular formula is C24H23N3O4S2. The number of amides is 1. The number of sulfonamides is 1. The van der Waals surface area contributed by atoms with Gasteiger partial charge in [-0.3, -0.25) is 4.79 Å². The zero-order chi connectivity index (χ0) is 22.8. The number of benzene rings is 2. The van der Waals surface area contributed by atoms with Crippen molar-refractivity contribution in [2.24, 2.45) is 0 Å². The smallest absolute Gasteiger partial charge is 0.253 e. The number of piperidine rings is 1. The third kappa shape index (κ3) is 4.71. The van der Waals surface area contributed by atoms with Gasteiger partial charge in [0.15, 0.2) is 0 Å². The molecule has 0 spiro atoms. The van der Waals surface area contributed by atoms with E-state index in [0.29, 0.717) is 24.4 Å². The van der Waals surface area contributed by atoms with Crippen molar-refractivity contribution in [3.63, 3.8) is 0 Å². The molecule has 1 N–H and O–H groups in total. The molecular weight excluding hydrogens is 458 g/mol. The molecule has 0 radical (unpaired) electrons. The van der Waals surface area contributed by atoms with Gasteiger partial charge < -0.3 is 9.32 Å². The second-order valence-corrected chi connectivity index (χ2v) is 10.9. The molecule has 2 aromatic heterocycles. The zero-order valence-electron chi connectivity index (χ0n) is 17.8. The van der Waals surface area contributed by atoms with Crippen molar-refractivity contribution in [1.82, 2.24) is 14.6 Å². The summed E-state index contributed by atoms with van der Waals surface area (Å²) in [6.07, 6.45) is 3.41. The van der Waals surface area contributed by atoms with Crippen molar-refractivity contribution in [2.45, 2.75) is 30.2 Å². The fraction of sp³-hybridized carbons (Fsp3) is 0.250. The van der Waals surface area contributed by atoms with Crippen LogP contribution in [0.4, 0.5) is 0 Å². The Balaban J connectivity index is 1.26. The van der Waals surface area contributed by atoms with Crippen LogP contribution in [0.25, 0.3) is 10.2 Å². The molecule has 4 aromatic rings. The van der Waals surface area contributed by atoms with E-state index in [-0.39, 0.29) is 23.3 Å². The van der Waals surface area contributed by atoms with Crippen LogP contribution in [0.15, 0.2) is 76.2 Å². The minimum atomic E-state index is -3.70. The van der Waals surface area contributed by atoms with Crippen LogP contribution in [0.1, 0.15) is 39.9 Å². The molecule has 9 heteroatoms. The Morgan fingerprint density at radius 2 is 1.94 bits per heavy atom. The summed E-state index contributed by atoms with van der Waals surface area (Å²) in [6.45, 7) is 1.37. The number of hydrogen-bond donors (Lipinski definition) is 1. The summed E-state index contributed by atoms with van der Waals surface area (Å²) in [7, 11) is -3.70. The highest BCUT2D eigenvalue weighted by Crippen LogP contribution is 2.33. The van der Waals surface area contributed by atoms with Crippen molar-refractivity contribution in [3.05, 3.63) is 83.3 Å². The maximum absolute atomic E-state index is 13.1. The van der Waals surface area contributed by atoms with Crippen LogP contribution in [-0.4, -0.2) is 37.3 Å². The van der Waals surface area contributed by atoms with Crippen LogP contribution >= 0.6 is 11.3 Å². The predicted octanol–water partition coefficient (Wildman–Crippen LogP) is 4.39. The normalized spacial score (nSPS) is 16.8. The molecule has 0 unspecified atom stereocenters. The summed E-state index contributed by atoms with van der Waals surface area (Å²) in [5.74, 6) is 0.650. The molecule has 5 rings (SSSR count). The number of furan rings is 1. The molecule has 33 heavy (non-hydrogen) atoms. The summed E-state index contributed by atoms with van der Waals surface area (Å²) in [6, 6.07) is 17.6. The first-order valence-corrected chi connectivity index (χ1v) is 13.1. The van der Waals surface area contributed by atoms with Crippen LogP contribution in [0.2, 0.25) is 0 Å². The zero-order valence-corrected chi connectivity index (χ0v) is 19.4. The lowest BCUT2D eigenvalue weighted by molar-refractivity contribution is 0.0707.